The van der Waals surface area contributed by atoms with Crippen molar-refractivity contribution >= 4 is 23.7 Å². The van der Waals surface area contributed by atoms with Crippen molar-refractivity contribution in [3.05, 3.63) is 57.5 Å². The van der Waals surface area contributed by atoms with Crippen molar-refractivity contribution < 1.29 is 4.39 Å². The molecular weight excluding hydrogens is 245 g/mol. The zero-order valence-electron chi connectivity index (χ0n) is 8.81. The van der Waals surface area contributed by atoms with Gasteiger partial charge in [-0.25, -0.2) is 4.39 Å². The predicted molar refractivity (Wildman–Crippen MR) is 68.7 cm³/mol. The first kappa shape index (κ1) is 13.2. The van der Waals surface area contributed by atoms with E-state index in [1.165, 1.54) is 6.07 Å². The lowest BCUT2D eigenvalue weighted by atomic mass is 10.0. The zero-order valence-corrected chi connectivity index (χ0v) is 10.4. The molecule has 1 aromatic carbocycles. The van der Waals surface area contributed by atoms with Gasteiger partial charge in [-0.2, -0.15) is 0 Å². The van der Waals surface area contributed by atoms with Gasteiger partial charge in [0.05, 0.1) is 6.04 Å². The first-order valence-electron chi connectivity index (χ1n) is 4.74. The lowest BCUT2D eigenvalue weighted by Gasteiger charge is -2.13. The van der Waals surface area contributed by atoms with Crippen LogP contribution < -0.4 is 5.73 Å². The number of hydrogen-bond acceptors (Lipinski definition) is 2. The second-order valence-corrected chi connectivity index (χ2v) is 4.43. The maximum Gasteiger partial charge on any atom is 0.126 e. The molecule has 16 heavy (non-hydrogen) atoms. The summed E-state index contributed by atoms with van der Waals surface area (Å²) >= 11 is 1.59. The predicted octanol–water partition coefficient (Wildman–Crippen LogP) is 3.67. The Morgan fingerprint density at radius 1 is 1.25 bits per heavy atom. The van der Waals surface area contributed by atoms with Crippen molar-refractivity contribution in [2.75, 3.05) is 0 Å². The summed E-state index contributed by atoms with van der Waals surface area (Å²) in [5.41, 5.74) is 7.57. The van der Waals surface area contributed by atoms with Crippen LogP contribution in [0.4, 0.5) is 4.39 Å². The van der Waals surface area contributed by atoms with Crippen LogP contribution in [0.3, 0.4) is 0 Å². The van der Waals surface area contributed by atoms with Crippen LogP contribution >= 0.6 is 23.7 Å². The molecule has 0 saturated carbocycles. The van der Waals surface area contributed by atoms with E-state index in [9.17, 15) is 4.39 Å². The van der Waals surface area contributed by atoms with E-state index in [0.717, 1.165) is 10.4 Å². The van der Waals surface area contributed by atoms with E-state index in [0.29, 0.717) is 5.56 Å². The van der Waals surface area contributed by atoms with Gasteiger partial charge >= 0.3 is 0 Å². The molecule has 0 aliphatic rings. The molecule has 0 amide bonds. The maximum absolute atomic E-state index is 13.3. The lowest BCUT2D eigenvalue weighted by Crippen LogP contribution is -2.12. The van der Waals surface area contributed by atoms with Gasteiger partial charge in [0.2, 0.25) is 0 Å². The Balaban J connectivity index is 0.00000128. The molecular formula is C12H13ClFNS. The molecule has 1 aromatic heterocycles. The number of rotatable bonds is 2. The third-order valence-corrected chi connectivity index (χ3v) is 3.45. The molecule has 0 radical (unpaired) electrons. The largest absolute Gasteiger partial charge is 0.320 e. The highest BCUT2D eigenvalue weighted by atomic mass is 35.5. The van der Waals surface area contributed by atoms with Gasteiger partial charge in [0.1, 0.15) is 5.82 Å². The van der Waals surface area contributed by atoms with E-state index in [-0.39, 0.29) is 24.3 Å². The highest BCUT2D eigenvalue weighted by Gasteiger charge is 2.13. The molecule has 0 bridgehead atoms. The Bertz CT molecular complexity index is 456. The van der Waals surface area contributed by atoms with Crippen molar-refractivity contribution in [3.8, 4) is 0 Å². The summed E-state index contributed by atoms with van der Waals surface area (Å²) in [6.45, 7) is 1.76. The molecule has 2 aromatic rings. The average Bonchev–Trinajstić information content (AvgIpc) is 2.74. The molecule has 0 aliphatic heterocycles. The van der Waals surface area contributed by atoms with Crippen LogP contribution in [0.5, 0.6) is 0 Å². The summed E-state index contributed by atoms with van der Waals surface area (Å²) in [6, 6.07) is 8.74. The molecule has 1 heterocycles. The van der Waals surface area contributed by atoms with E-state index in [4.69, 9.17) is 5.73 Å². The minimum Gasteiger partial charge on any atom is -0.320 e. The number of hydrogen-bond donors (Lipinski definition) is 1. The minimum absolute atomic E-state index is 0. The fourth-order valence-corrected chi connectivity index (χ4v) is 2.33. The summed E-state index contributed by atoms with van der Waals surface area (Å²) in [7, 11) is 0. The van der Waals surface area contributed by atoms with Crippen LogP contribution in [-0.4, -0.2) is 0 Å². The number of nitrogens with two attached hydrogens (primary N) is 1. The fraction of sp³-hybridized carbons (Fsp3) is 0.167. The maximum atomic E-state index is 13.3. The Kier molecular flexibility index (Phi) is 4.47. The molecule has 0 fully saturated rings. The SMILES string of the molecule is Cc1c(F)cccc1[C@@H](N)c1cccs1.Cl. The first-order chi connectivity index (χ1) is 7.20. The van der Waals surface area contributed by atoms with Crippen LogP contribution in [0.2, 0.25) is 0 Å². The van der Waals surface area contributed by atoms with Crippen LogP contribution in [0.1, 0.15) is 22.0 Å². The smallest absolute Gasteiger partial charge is 0.126 e. The Morgan fingerprint density at radius 2 is 2.00 bits per heavy atom. The van der Waals surface area contributed by atoms with Gasteiger partial charge in [-0.15, -0.1) is 23.7 Å². The van der Waals surface area contributed by atoms with E-state index >= 15 is 0 Å². The van der Waals surface area contributed by atoms with Gasteiger partial charge in [0.15, 0.2) is 0 Å². The summed E-state index contributed by atoms with van der Waals surface area (Å²) in [5.74, 6) is -0.195. The topological polar surface area (TPSA) is 26.0 Å². The van der Waals surface area contributed by atoms with Crippen LogP contribution in [0.15, 0.2) is 35.7 Å². The fourth-order valence-electron chi connectivity index (χ4n) is 1.58. The van der Waals surface area contributed by atoms with Gasteiger partial charge in [-0.3, -0.25) is 0 Å². The Hall–Kier alpha value is -0.900. The molecule has 2 rings (SSSR count). The van der Waals surface area contributed by atoms with Crippen LogP contribution in [0, 0.1) is 12.7 Å². The van der Waals surface area contributed by atoms with Crippen molar-refractivity contribution in [1.82, 2.24) is 0 Å². The Morgan fingerprint density at radius 3 is 2.62 bits per heavy atom. The molecule has 86 valence electrons. The molecule has 0 spiro atoms. The summed E-state index contributed by atoms with van der Waals surface area (Å²) < 4.78 is 13.3. The van der Waals surface area contributed by atoms with Crippen molar-refractivity contribution in [3.63, 3.8) is 0 Å². The summed E-state index contributed by atoms with van der Waals surface area (Å²) in [4.78, 5) is 1.06. The van der Waals surface area contributed by atoms with Gasteiger partial charge in [0.25, 0.3) is 0 Å². The molecule has 1 nitrogen and oxygen atoms in total. The van der Waals surface area contributed by atoms with Crippen molar-refractivity contribution in [2.45, 2.75) is 13.0 Å². The van der Waals surface area contributed by atoms with Crippen molar-refractivity contribution in [2.24, 2.45) is 5.73 Å². The van der Waals surface area contributed by atoms with Gasteiger partial charge in [-0.1, -0.05) is 18.2 Å². The van der Waals surface area contributed by atoms with E-state index in [1.54, 1.807) is 24.3 Å². The molecule has 0 aliphatic carbocycles. The summed E-state index contributed by atoms with van der Waals surface area (Å²) in [6.07, 6.45) is 0. The third kappa shape index (κ3) is 2.43. The monoisotopic (exact) mass is 257 g/mol. The van der Waals surface area contributed by atoms with E-state index in [2.05, 4.69) is 0 Å². The van der Waals surface area contributed by atoms with Crippen molar-refractivity contribution in [1.29, 1.82) is 0 Å². The van der Waals surface area contributed by atoms with E-state index < -0.39 is 0 Å². The highest BCUT2D eigenvalue weighted by Crippen LogP contribution is 2.26. The van der Waals surface area contributed by atoms with Crippen LogP contribution in [-0.2, 0) is 0 Å². The normalized spacial score (nSPS) is 11.9. The first-order valence-corrected chi connectivity index (χ1v) is 5.62. The van der Waals surface area contributed by atoms with Gasteiger partial charge < -0.3 is 5.73 Å². The average molecular weight is 258 g/mol. The number of benzene rings is 1. The molecule has 1 atom stereocenters. The minimum atomic E-state index is -0.222. The van der Waals surface area contributed by atoms with Gasteiger partial charge in [-0.05, 0) is 35.6 Å². The lowest BCUT2D eigenvalue weighted by molar-refractivity contribution is 0.613. The van der Waals surface area contributed by atoms with Gasteiger partial charge in [0, 0.05) is 4.88 Å². The molecule has 4 heteroatoms. The molecule has 2 N–H and O–H groups in total. The highest BCUT2D eigenvalue weighted by molar-refractivity contribution is 7.10. The second kappa shape index (κ2) is 5.43. The standard InChI is InChI=1S/C12H12FNS.ClH/c1-8-9(4-2-5-10(8)13)12(14)11-6-3-7-15-11;/h2-7,12H,14H2,1H3;1H/t12-;/m1./s1. The van der Waals surface area contributed by atoms with E-state index in [1.807, 2.05) is 23.6 Å². The zero-order chi connectivity index (χ0) is 10.8. The third-order valence-electron chi connectivity index (χ3n) is 2.49. The molecule has 0 saturated heterocycles. The molecule has 0 unspecified atom stereocenters. The Labute approximate surface area is 105 Å². The van der Waals surface area contributed by atoms with Crippen LogP contribution in [0.25, 0.3) is 0 Å². The summed E-state index contributed by atoms with van der Waals surface area (Å²) in [5, 5.41) is 1.98. The second-order valence-electron chi connectivity index (χ2n) is 3.45. The quantitative estimate of drug-likeness (QED) is 0.873. The number of thiophene rings is 1. The number of halogens is 2.